The minimum atomic E-state index is -1.83. The number of phenols is 1. The molecular formula is C52H72N10O15S. The Morgan fingerprint density at radius 1 is 0.487 bits per heavy atom. The lowest BCUT2D eigenvalue weighted by Crippen LogP contribution is -2.62. The second-order valence-corrected chi connectivity index (χ2v) is 19.2. The summed E-state index contributed by atoms with van der Waals surface area (Å²) in [5.74, 6) is -10.0. The molecule has 0 aliphatic rings. The first-order valence-corrected chi connectivity index (χ1v) is 26.4. The van der Waals surface area contributed by atoms with Crippen molar-refractivity contribution in [3.8, 4) is 5.75 Å². The Labute approximate surface area is 455 Å². The van der Waals surface area contributed by atoms with Crippen LogP contribution in [0.15, 0.2) is 84.9 Å². The molecule has 3 aromatic carbocycles. The smallest absolute Gasteiger partial charge is 0.328 e. The fourth-order valence-corrected chi connectivity index (χ4v) is 7.98. The van der Waals surface area contributed by atoms with Gasteiger partial charge in [-0.3, -0.25) is 43.2 Å². The molecule has 78 heavy (non-hydrogen) atoms. The first-order chi connectivity index (χ1) is 37.2. The minimum Gasteiger partial charge on any atom is -0.508 e. The molecule has 25 nitrogen and oxygen atoms in total. The van der Waals surface area contributed by atoms with Crippen LogP contribution >= 0.6 is 11.8 Å². The molecule has 0 saturated carbocycles. The number of rotatable bonds is 33. The lowest BCUT2D eigenvalue weighted by Gasteiger charge is -2.29. The zero-order chi connectivity index (χ0) is 57.9. The lowest BCUT2D eigenvalue weighted by atomic mass is 9.96. The van der Waals surface area contributed by atoms with Crippen LogP contribution in [-0.4, -0.2) is 177 Å². The van der Waals surface area contributed by atoms with Crippen LogP contribution in [0.3, 0.4) is 0 Å². The van der Waals surface area contributed by atoms with Crippen LogP contribution in [-0.2, 0) is 67.2 Å². The van der Waals surface area contributed by atoms with Gasteiger partial charge in [0.2, 0.25) is 53.2 Å². The Morgan fingerprint density at radius 2 is 0.872 bits per heavy atom. The topological polar surface area (TPSA) is 406 Å². The molecule has 0 spiro atoms. The normalized spacial score (nSPS) is 14.8. The first-order valence-electron chi connectivity index (χ1n) is 25.0. The van der Waals surface area contributed by atoms with Gasteiger partial charge in [-0.15, -0.1) is 0 Å². The van der Waals surface area contributed by atoms with Gasteiger partial charge >= 0.3 is 5.97 Å². The van der Waals surface area contributed by atoms with Crippen LogP contribution in [0.25, 0.3) is 0 Å². The van der Waals surface area contributed by atoms with E-state index in [0.29, 0.717) is 28.9 Å². The van der Waals surface area contributed by atoms with Crippen LogP contribution in [0.1, 0.15) is 50.3 Å². The molecule has 3 aromatic rings. The van der Waals surface area contributed by atoms with Crippen molar-refractivity contribution in [1.82, 2.24) is 47.9 Å². The summed E-state index contributed by atoms with van der Waals surface area (Å²) in [4.78, 5) is 134. The third-order valence-electron chi connectivity index (χ3n) is 12.3. The van der Waals surface area contributed by atoms with Crippen LogP contribution in [0, 0.1) is 5.92 Å². The molecule has 0 heterocycles. The number of aliphatic carboxylic acids is 1. The summed E-state index contributed by atoms with van der Waals surface area (Å²) in [5, 5.41) is 71.4. The van der Waals surface area contributed by atoms with Gasteiger partial charge in [-0.1, -0.05) is 93.1 Å². The van der Waals surface area contributed by atoms with Gasteiger partial charge in [0, 0.05) is 19.3 Å². The number of carbonyl (C=O) groups excluding carboxylic acids is 9. The molecule has 0 fully saturated rings. The molecule has 0 aliphatic heterocycles. The molecule has 0 saturated heterocycles. The Bertz CT molecular complexity index is 2480. The summed E-state index contributed by atoms with van der Waals surface area (Å²) in [7, 11) is 0. The number of carbonyl (C=O) groups is 10. The van der Waals surface area contributed by atoms with Crippen LogP contribution < -0.4 is 53.6 Å². The van der Waals surface area contributed by atoms with E-state index in [4.69, 9.17) is 5.73 Å². The predicted octanol–water partition coefficient (Wildman–Crippen LogP) is -3.38. The van der Waals surface area contributed by atoms with Crippen LogP contribution in [0.5, 0.6) is 5.75 Å². The zero-order valence-corrected chi connectivity index (χ0v) is 44.5. The van der Waals surface area contributed by atoms with Crippen molar-refractivity contribution in [2.45, 2.75) is 107 Å². The highest BCUT2D eigenvalue weighted by Gasteiger charge is 2.36. The number of carboxylic acid groups (broad SMARTS) is 1. The van der Waals surface area contributed by atoms with E-state index in [-0.39, 0.29) is 31.4 Å². The zero-order valence-electron chi connectivity index (χ0n) is 43.7. The summed E-state index contributed by atoms with van der Waals surface area (Å²) < 4.78 is 0. The molecule has 10 atom stereocenters. The Hall–Kier alpha value is -7.65. The Kier molecular flexibility index (Phi) is 27.8. The first kappa shape index (κ1) is 64.6. The largest absolute Gasteiger partial charge is 0.508 e. The number of phenolic OH excluding ortho intramolecular Hbond substituents is 1. The number of nitrogens with two attached hydrogens (primary N) is 1. The van der Waals surface area contributed by atoms with Gasteiger partial charge in [0.25, 0.3) is 0 Å². The highest BCUT2D eigenvalue weighted by Crippen LogP contribution is 2.14. The number of amides is 9. The number of carboxylic acids is 1. The molecule has 0 aliphatic carbocycles. The number of aliphatic hydroxyl groups is 3. The van der Waals surface area contributed by atoms with Gasteiger partial charge in [-0.05, 0) is 60.1 Å². The number of aromatic hydroxyl groups is 1. The van der Waals surface area contributed by atoms with Gasteiger partial charge in [-0.2, -0.15) is 11.8 Å². The second-order valence-electron chi connectivity index (χ2n) is 18.2. The number of aliphatic hydroxyl groups excluding tert-OH is 3. The van der Waals surface area contributed by atoms with E-state index in [9.17, 15) is 73.5 Å². The van der Waals surface area contributed by atoms with E-state index in [1.165, 1.54) is 43.0 Å². The standard InChI is InChI=1S/C52H72N10O15S/c1-5-29(2)43(62-48(72)36(55-42(67)25-53)22-31-12-8-6-9-13-31)51(75)58-38(23-32-14-10-7-11-15-32)47(71)59-40(27-64)50(74)60-39(26-63)49(73)57-37(24-33-16-18-34(66)19-17-33)46(70)54-30(3)44(68)56-35(20-21-78-4)45(69)61-41(28-65)52(76)77/h6-19,29-30,35-41,43,63-66H,5,20-28,53H2,1-4H3,(H,54,70)(H,55,67)(H,56,68)(H,57,73)(H,58,75)(H,59,71)(H,60,74)(H,61,69)(H,62,72)(H,76,77)/t29-,30-,35-,36-,37-,38-,39-,40-,41-,43-/m0/s1. The molecule has 16 N–H and O–H groups in total. The van der Waals surface area contributed by atoms with Crippen LogP contribution in [0.2, 0.25) is 0 Å². The molecule has 0 radical (unpaired) electrons. The van der Waals surface area contributed by atoms with Crippen molar-refractivity contribution in [3.63, 3.8) is 0 Å². The van der Waals surface area contributed by atoms with E-state index in [2.05, 4.69) is 47.9 Å². The summed E-state index contributed by atoms with van der Waals surface area (Å²) in [6, 6.07) is 9.37. The maximum atomic E-state index is 14.2. The van der Waals surface area contributed by atoms with E-state index < -0.39 is 146 Å². The van der Waals surface area contributed by atoms with E-state index in [0.717, 1.165) is 0 Å². The molecule has 0 bridgehead atoms. The molecular weight excluding hydrogens is 1040 g/mol. The van der Waals surface area contributed by atoms with Gasteiger partial charge in [0.1, 0.15) is 60.1 Å². The number of nitrogens with one attached hydrogen (secondary N) is 9. The summed E-state index contributed by atoms with van der Waals surface area (Å²) >= 11 is 1.32. The Balaban J connectivity index is 1.83. The maximum absolute atomic E-state index is 14.2. The number of hydrogen-bond donors (Lipinski definition) is 15. The third kappa shape index (κ3) is 21.4. The predicted molar refractivity (Wildman–Crippen MR) is 286 cm³/mol. The number of thioether (sulfide) groups is 1. The van der Waals surface area contributed by atoms with E-state index in [1.807, 2.05) is 0 Å². The van der Waals surface area contributed by atoms with Crippen molar-refractivity contribution in [3.05, 3.63) is 102 Å². The second kappa shape index (κ2) is 33.5. The molecule has 0 unspecified atom stereocenters. The van der Waals surface area contributed by atoms with Crippen molar-refractivity contribution < 1.29 is 73.5 Å². The Morgan fingerprint density at radius 3 is 1.32 bits per heavy atom. The quantitative estimate of drug-likeness (QED) is 0.0283. The van der Waals surface area contributed by atoms with E-state index in [1.54, 1.807) is 80.8 Å². The molecule has 26 heteroatoms. The fraction of sp³-hybridized carbons (Fsp3) is 0.462. The SMILES string of the molecule is CC[C@H](C)[C@H](NC(=O)[C@H](Cc1ccccc1)NC(=O)CN)C(=O)N[C@@H](Cc1ccccc1)C(=O)N[C@@H](CO)C(=O)N[C@@H](CO)C(=O)N[C@@H](Cc1ccc(O)cc1)C(=O)N[C@@H](C)C(=O)N[C@@H](CCSC)C(=O)N[C@@H](CO)C(=O)O. The molecule has 426 valence electrons. The van der Waals surface area contributed by atoms with Crippen molar-refractivity contribution in [2.75, 3.05) is 38.4 Å². The molecule has 0 aromatic heterocycles. The van der Waals surface area contributed by atoms with Gasteiger partial charge < -0.3 is 79.1 Å². The number of benzene rings is 3. The van der Waals surface area contributed by atoms with Gasteiger partial charge in [0.05, 0.1) is 26.4 Å². The van der Waals surface area contributed by atoms with Gasteiger partial charge in [0.15, 0.2) is 0 Å². The summed E-state index contributed by atoms with van der Waals surface area (Å²) in [5.41, 5.74) is 7.19. The van der Waals surface area contributed by atoms with Crippen molar-refractivity contribution >= 4 is 70.9 Å². The monoisotopic (exact) mass is 1110 g/mol. The van der Waals surface area contributed by atoms with Crippen molar-refractivity contribution in [2.24, 2.45) is 11.7 Å². The highest BCUT2D eigenvalue weighted by atomic mass is 32.2. The minimum absolute atomic E-state index is 0.0349. The number of hydrogen-bond acceptors (Lipinski definition) is 16. The molecule has 3 rings (SSSR count). The summed E-state index contributed by atoms with van der Waals surface area (Å²) in [6.45, 7) is 1.27. The molecule has 9 amide bonds. The third-order valence-corrected chi connectivity index (χ3v) is 12.9. The summed E-state index contributed by atoms with van der Waals surface area (Å²) in [6.07, 6.45) is 1.77. The van der Waals surface area contributed by atoms with E-state index >= 15 is 0 Å². The van der Waals surface area contributed by atoms with Gasteiger partial charge in [-0.25, -0.2) is 4.79 Å². The van der Waals surface area contributed by atoms with Crippen molar-refractivity contribution in [1.29, 1.82) is 0 Å². The van der Waals surface area contributed by atoms with Crippen LogP contribution in [0.4, 0.5) is 0 Å². The lowest BCUT2D eigenvalue weighted by molar-refractivity contribution is -0.143. The average Bonchev–Trinajstić information content (AvgIpc) is 3.43. The maximum Gasteiger partial charge on any atom is 0.328 e. The highest BCUT2D eigenvalue weighted by molar-refractivity contribution is 7.98. The average molecular weight is 1110 g/mol. The fourth-order valence-electron chi connectivity index (χ4n) is 7.51.